The molecule has 0 unspecified atom stereocenters. The third-order valence-corrected chi connectivity index (χ3v) is 2.74. The fourth-order valence-electron chi connectivity index (χ4n) is 1.83. The molecule has 1 heterocycles. The van der Waals surface area contributed by atoms with Crippen molar-refractivity contribution in [1.82, 2.24) is 4.98 Å². The van der Waals surface area contributed by atoms with Crippen molar-refractivity contribution in [2.24, 2.45) is 5.92 Å². The summed E-state index contributed by atoms with van der Waals surface area (Å²) < 4.78 is 62.4. The number of nitrogens with one attached hydrogen (secondary N) is 1. The normalized spacial score (nSPS) is 14.2. The maximum absolute atomic E-state index is 12.7. The Morgan fingerprint density at radius 1 is 1.20 bits per heavy atom. The van der Waals surface area contributed by atoms with Gasteiger partial charge in [-0.25, -0.2) is 13.8 Å². The summed E-state index contributed by atoms with van der Waals surface area (Å²) in [7, 11) is 0. The summed E-state index contributed by atoms with van der Waals surface area (Å²) in [5.41, 5.74) is -0.818. The topological polar surface area (TPSA) is 24.9 Å². The van der Waals surface area contributed by atoms with E-state index in [1.165, 1.54) is 6.07 Å². The minimum atomic E-state index is -4.41. The second-order valence-electron chi connectivity index (χ2n) is 5.02. The van der Waals surface area contributed by atoms with E-state index in [0.29, 0.717) is 18.8 Å². The quantitative estimate of drug-likeness (QED) is 0.777. The molecule has 1 aromatic heterocycles. The Bertz CT molecular complexity index is 408. The number of halogens is 5. The molecule has 0 saturated carbocycles. The van der Waals surface area contributed by atoms with Gasteiger partial charge in [0, 0.05) is 19.2 Å². The minimum absolute atomic E-state index is 0.183. The molecule has 0 aliphatic heterocycles. The average molecular weight is 296 g/mol. The molecule has 0 aliphatic carbocycles. The third kappa shape index (κ3) is 6.16. The van der Waals surface area contributed by atoms with Gasteiger partial charge in [0.2, 0.25) is 5.92 Å². The summed E-state index contributed by atoms with van der Waals surface area (Å²) in [6.45, 7) is 2.96. The van der Waals surface area contributed by atoms with Gasteiger partial charge in [-0.05, 0) is 31.4 Å². The van der Waals surface area contributed by atoms with Gasteiger partial charge in [0.25, 0.3) is 0 Å². The highest BCUT2D eigenvalue weighted by Gasteiger charge is 2.30. The number of hydrogen-bond donors (Lipinski definition) is 1. The molecule has 0 bridgehead atoms. The first-order valence-corrected chi connectivity index (χ1v) is 6.23. The summed E-state index contributed by atoms with van der Waals surface area (Å²) in [6.07, 6.45) is -3.39. The predicted octanol–water partition coefficient (Wildman–Crippen LogP) is 4.58. The highest BCUT2D eigenvalue weighted by Crippen LogP contribution is 2.29. The molecule has 0 fully saturated rings. The van der Waals surface area contributed by atoms with E-state index in [4.69, 9.17) is 0 Å². The van der Waals surface area contributed by atoms with Gasteiger partial charge < -0.3 is 5.32 Å². The number of aromatic nitrogens is 1. The van der Waals surface area contributed by atoms with E-state index in [1.807, 2.05) is 0 Å². The van der Waals surface area contributed by atoms with Crippen LogP contribution in [0.5, 0.6) is 0 Å². The smallest absolute Gasteiger partial charge is 0.370 e. The molecule has 0 amide bonds. The zero-order valence-electron chi connectivity index (χ0n) is 11.3. The summed E-state index contributed by atoms with van der Waals surface area (Å²) in [5, 5.41) is 2.82. The van der Waals surface area contributed by atoms with Crippen LogP contribution in [-0.2, 0) is 6.18 Å². The first kappa shape index (κ1) is 16.7. The largest absolute Gasteiger partial charge is 0.417 e. The highest BCUT2D eigenvalue weighted by atomic mass is 19.4. The Labute approximate surface area is 114 Å². The summed E-state index contributed by atoms with van der Waals surface area (Å²) in [5.74, 6) is -2.59. The molecule has 114 valence electrons. The lowest BCUT2D eigenvalue weighted by Crippen LogP contribution is -2.17. The van der Waals surface area contributed by atoms with E-state index in [-0.39, 0.29) is 12.3 Å². The molecule has 0 aromatic carbocycles. The molecule has 1 atom stereocenters. The lowest BCUT2D eigenvalue weighted by Gasteiger charge is -2.17. The van der Waals surface area contributed by atoms with Crippen LogP contribution in [0.3, 0.4) is 0 Å². The number of hydrogen-bond acceptors (Lipinski definition) is 2. The molecule has 1 rings (SSSR count). The molecule has 0 saturated heterocycles. The zero-order valence-corrected chi connectivity index (χ0v) is 11.3. The van der Waals surface area contributed by atoms with Gasteiger partial charge >= 0.3 is 6.18 Å². The third-order valence-electron chi connectivity index (χ3n) is 2.74. The van der Waals surface area contributed by atoms with Crippen molar-refractivity contribution in [2.75, 3.05) is 11.9 Å². The van der Waals surface area contributed by atoms with Crippen molar-refractivity contribution in [3.63, 3.8) is 0 Å². The molecule has 0 aliphatic rings. The van der Waals surface area contributed by atoms with E-state index >= 15 is 0 Å². The average Bonchev–Trinajstić information content (AvgIpc) is 2.26. The minimum Gasteiger partial charge on any atom is -0.370 e. The van der Waals surface area contributed by atoms with Crippen LogP contribution >= 0.6 is 0 Å². The van der Waals surface area contributed by atoms with Crippen molar-refractivity contribution in [3.05, 3.63) is 23.9 Å². The number of rotatable bonds is 6. The fourth-order valence-corrected chi connectivity index (χ4v) is 1.83. The van der Waals surface area contributed by atoms with Gasteiger partial charge in [-0.3, -0.25) is 0 Å². The molecule has 1 N–H and O–H groups in total. The lowest BCUT2D eigenvalue weighted by molar-refractivity contribution is -0.137. The molecule has 7 heteroatoms. The molecule has 2 nitrogen and oxygen atoms in total. The molecule has 0 spiro atoms. The maximum atomic E-state index is 12.7. The van der Waals surface area contributed by atoms with Crippen LogP contribution in [-0.4, -0.2) is 17.5 Å². The van der Waals surface area contributed by atoms with E-state index in [2.05, 4.69) is 10.3 Å². The van der Waals surface area contributed by atoms with Crippen LogP contribution in [0.4, 0.5) is 27.8 Å². The standard InChI is InChI=1S/C13H17F5N2/c1-9(7-12(2,14)15)5-6-19-11-4-3-10(8-20-11)13(16,17)18/h3-4,8-9H,5-7H2,1-2H3,(H,19,20)/t9-/m0/s1. The van der Waals surface area contributed by atoms with Crippen molar-refractivity contribution < 1.29 is 22.0 Å². The second kappa shape index (κ2) is 6.37. The second-order valence-corrected chi connectivity index (χ2v) is 5.02. The van der Waals surface area contributed by atoms with E-state index in [9.17, 15) is 22.0 Å². The Morgan fingerprint density at radius 2 is 1.85 bits per heavy atom. The summed E-state index contributed by atoms with van der Waals surface area (Å²) in [4.78, 5) is 3.64. The van der Waals surface area contributed by atoms with Gasteiger partial charge in [0.15, 0.2) is 0 Å². The molecule has 0 radical (unpaired) electrons. The van der Waals surface area contributed by atoms with E-state index in [1.54, 1.807) is 6.92 Å². The monoisotopic (exact) mass is 296 g/mol. The van der Waals surface area contributed by atoms with Crippen molar-refractivity contribution >= 4 is 5.82 Å². The number of anilines is 1. The Kier molecular flexibility index (Phi) is 5.30. The van der Waals surface area contributed by atoms with Gasteiger partial charge in [0.1, 0.15) is 5.82 Å². The van der Waals surface area contributed by atoms with E-state index < -0.39 is 17.7 Å². The van der Waals surface area contributed by atoms with Crippen LogP contribution in [0, 0.1) is 5.92 Å². The van der Waals surface area contributed by atoms with Crippen LogP contribution < -0.4 is 5.32 Å². The predicted molar refractivity (Wildman–Crippen MR) is 66.7 cm³/mol. The first-order valence-electron chi connectivity index (χ1n) is 6.23. The molecule has 1 aromatic rings. The van der Waals surface area contributed by atoms with Crippen molar-refractivity contribution in [1.29, 1.82) is 0 Å². The van der Waals surface area contributed by atoms with Crippen LogP contribution in [0.15, 0.2) is 18.3 Å². The number of nitrogens with zero attached hydrogens (tertiary/aromatic N) is 1. The van der Waals surface area contributed by atoms with Gasteiger partial charge in [-0.15, -0.1) is 0 Å². The molecular formula is C13H17F5N2. The maximum Gasteiger partial charge on any atom is 0.417 e. The van der Waals surface area contributed by atoms with Crippen molar-refractivity contribution in [2.45, 2.75) is 38.8 Å². The fraction of sp³-hybridized carbons (Fsp3) is 0.615. The van der Waals surface area contributed by atoms with Crippen molar-refractivity contribution in [3.8, 4) is 0 Å². The summed E-state index contributed by atoms with van der Waals surface area (Å²) >= 11 is 0. The number of alkyl halides is 5. The van der Waals surface area contributed by atoms with Crippen LogP contribution in [0.25, 0.3) is 0 Å². The van der Waals surface area contributed by atoms with Crippen LogP contribution in [0.2, 0.25) is 0 Å². The summed E-state index contributed by atoms with van der Waals surface area (Å²) in [6, 6.07) is 2.15. The Hall–Kier alpha value is -1.40. The zero-order chi connectivity index (χ0) is 15.4. The van der Waals surface area contributed by atoms with E-state index in [0.717, 1.165) is 19.2 Å². The Balaban J connectivity index is 2.39. The lowest BCUT2D eigenvalue weighted by atomic mass is 10.0. The van der Waals surface area contributed by atoms with Crippen LogP contribution in [0.1, 0.15) is 32.3 Å². The molecular weight excluding hydrogens is 279 g/mol. The van der Waals surface area contributed by atoms with Gasteiger partial charge in [-0.1, -0.05) is 6.92 Å². The Morgan fingerprint density at radius 3 is 2.30 bits per heavy atom. The SMILES string of the molecule is C[C@@H](CCNc1ccc(C(F)(F)F)cn1)CC(C)(F)F. The molecule has 20 heavy (non-hydrogen) atoms. The van der Waals surface area contributed by atoms with Gasteiger partial charge in [-0.2, -0.15) is 13.2 Å². The number of pyridine rings is 1. The highest BCUT2D eigenvalue weighted by molar-refractivity contribution is 5.35. The first-order chi connectivity index (χ1) is 9.08. The van der Waals surface area contributed by atoms with Gasteiger partial charge in [0.05, 0.1) is 5.56 Å².